The van der Waals surface area contributed by atoms with Crippen molar-refractivity contribution in [3.05, 3.63) is 36.4 Å². The van der Waals surface area contributed by atoms with Crippen LogP contribution in [0.15, 0.2) is 41.4 Å². The number of fused-ring (bicyclic) bond motifs is 2. The van der Waals surface area contributed by atoms with Gasteiger partial charge in [-0.3, -0.25) is 0 Å². The Balaban J connectivity index is 1.58. The largest absolute Gasteiger partial charge is 0.497 e. The highest BCUT2D eigenvalue weighted by atomic mass is 32.1. The van der Waals surface area contributed by atoms with E-state index in [9.17, 15) is 0 Å². The Kier molecular flexibility index (Phi) is 4.31. The van der Waals surface area contributed by atoms with Gasteiger partial charge in [0.05, 0.1) is 34.7 Å². The number of hydrogen-bond acceptors (Lipinski definition) is 7. The third kappa shape index (κ3) is 3.26. The molecule has 0 aliphatic rings. The number of benzene rings is 2. The van der Waals surface area contributed by atoms with Gasteiger partial charge in [0.15, 0.2) is 5.13 Å². The summed E-state index contributed by atoms with van der Waals surface area (Å²) >= 11 is 2.95. The quantitative estimate of drug-likeness (QED) is 0.408. The summed E-state index contributed by atoms with van der Waals surface area (Å²) in [6.45, 7) is 0. The first kappa shape index (κ1) is 16.6. The molecule has 7 nitrogen and oxygen atoms in total. The van der Waals surface area contributed by atoms with Crippen molar-refractivity contribution in [2.75, 3.05) is 19.5 Å². The van der Waals surface area contributed by atoms with Crippen molar-refractivity contribution in [3.8, 4) is 11.5 Å². The molecular formula is C17H15N5O2S2. The van der Waals surface area contributed by atoms with Crippen molar-refractivity contribution in [2.24, 2.45) is 10.7 Å². The fourth-order valence-electron chi connectivity index (χ4n) is 2.40. The molecule has 0 saturated carbocycles. The summed E-state index contributed by atoms with van der Waals surface area (Å²) in [5.74, 6) is 1.76. The van der Waals surface area contributed by atoms with Gasteiger partial charge in [0.25, 0.3) is 0 Å². The molecule has 9 heteroatoms. The molecule has 132 valence electrons. The molecule has 0 saturated heterocycles. The van der Waals surface area contributed by atoms with Crippen LogP contribution in [0.2, 0.25) is 0 Å². The van der Waals surface area contributed by atoms with Gasteiger partial charge >= 0.3 is 0 Å². The van der Waals surface area contributed by atoms with Gasteiger partial charge in [-0.15, -0.1) is 0 Å². The lowest BCUT2D eigenvalue weighted by molar-refractivity contribution is 0.415. The predicted molar refractivity (Wildman–Crippen MR) is 107 cm³/mol. The maximum atomic E-state index is 6.02. The topological polar surface area (TPSA) is 94.7 Å². The van der Waals surface area contributed by atoms with Crippen LogP contribution in [-0.4, -0.2) is 30.1 Å². The monoisotopic (exact) mass is 385 g/mol. The Labute approximate surface area is 157 Å². The molecule has 3 N–H and O–H groups in total. The molecule has 2 aromatic carbocycles. The Morgan fingerprint density at radius 2 is 1.58 bits per heavy atom. The van der Waals surface area contributed by atoms with Crippen molar-refractivity contribution < 1.29 is 9.47 Å². The van der Waals surface area contributed by atoms with E-state index < -0.39 is 0 Å². The van der Waals surface area contributed by atoms with Crippen molar-refractivity contribution >= 4 is 59.3 Å². The average molecular weight is 385 g/mol. The Morgan fingerprint density at radius 3 is 2.23 bits per heavy atom. The molecule has 0 aliphatic carbocycles. The van der Waals surface area contributed by atoms with Crippen LogP contribution in [0.25, 0.3) is 20.4 Å². The molecule has 2 heterocycles. The van der Waals surface area contributed by atoms with E-state index in [4.69, 9.17) is 15.2 Å². The van der Waals surface area contributed by atoms with Crippen molar-refractivity contribution in [2.45, 2.75) is 0 Å². The second kappa shape index (κ2) is 6.77. The molecule has 0 unspecified atom stereocenters. The molecule has 0 fully saturated rings. The van der Waals surface area contributed by atoms with E-state index in [-0.39, 0.29) is 5.96 Å². The third-order valence-corrected chi connectivity index (χ3v) is 5.51. The number of nitrogens with two attached hydrogens (primary N) is 1. The number of nitrogens with zero attached hydrogens (tertiary/aromatic N) is 3. The van der Waals surface area contributed by atoms with Crippen LogP contribution in [0, 0.1) is 0 Å². The summed E-state index contributed by atoms with van der Waals surface area (Å²) in [5, 5.41) is 4.26. The van der Waals surface area contributed by atoms with Crippen LogP contribution < -0.4 is 20.5 Å². The van der Waals surface area contributed by atoms with E-state index in [1.165, 1.54) is 22.7 Å². The second-order valence-corrected chi connectivity index (χ2v) is 7.34. The number of ether oxygens (including phenoxy) is 2. The molecule has 0 bridgehead atoms. The van der Waals surface area contributed by atoms with Gasteiger partial charge in [-0.05, 0) is 24.3 Å². The molecular weight excluding hydrogens is 370 g/mol. The second-order valence-electron chi connectivity index (χ2n) is 5.30. The zero-order valence-corrected chi connectivity index (χ0v) is 15.6. The number of rotatable bonds is 4. The van der Waals surface area contributed by atoms with Crippen LogP contribution >= 0.6 is 22.7 Å². The number of aromatic nitrogens is 2. The van der Waals surface area contributed by atoms with Crippen LogP contribution in [0.3, 0.4) is 0 Å². The Bertz CT molecular complexity index is 1120. The summed E-state index contributed by atoms with van der Waals surface area (Å²) in [7, 11) is 3.26. The summed E-state index contributed by atoms with van der Waals surface area (Å²) < 4.78 is 12.5. The van der Waals surface area contributed by atoms with Gasteiger partial charge in [0.2, 0.25) is 11.1 Å². The SMILES string of the molecule is COc1ccc2sc(N=C(N)Nc3nc4cc(OC)ccc4s3)nc2c1. The molecule has 0 aliphatic heterocycles. The fraction of sp³-hybridized carbons (Fsp3) is 0.118. The standard InChI is InChI=1S/C17H15N5O2S2/c1-23-9-3-5-13-11(7-9)19-16(25-13)21-15(18)22-17-20-12-8-10(24-2)4-6-14(12)26-17/h3-8H,1-2H3,(H3,18,19,20,21,22). The minimum absolute atomic E-state index is 0.238. The lowest BCUT2D eigenvalue weighted by Crippen LogP contribution is -2.21. The van der Waals surface area contributed by atoms with Crippen LogP contribution in [-0.2, 0) is 0 Å². The van der Waals surface area contributed by atoms with Crippen LogP contribution in [0.1, 0.15) is 0 Å². The van der Waals surface area contributed by atoms with E-state index in [0.29, 0.717) is 10.3 Å². The molecule has 4 rings (SSSR count). The zero-order chi connectivity index (χ0) is 18.1. The first-order valence-electron chi connectivity index (χ1n) is 7.65. The Hall–Kier alpha value is -2.91. The third-order valence-electron chi connectivity index (χ3n) is 3.63. The minimum Gasteiger partial charge on any atom is -0.497 e. The predicted octanol–water partition coefficient (Wildman–Crippen LogP) is 3.98. The van der Waals surface area contributed by atoms with Crippen LogP contribution in [0.5, 0.6) is 11.5 Å². The Morgan fingerprint density at radius 1 is 0.962 bits per heavy atom. The molecule has 4 aromatic rings. The van der Waals surface area contributed by atoms with Gasteiger partial charge in [-0.2, -0.15) is 4.99 Å². The zero-order valence-electron chi connectivity index (χ0n) is 14.0. The van der Waals surface area contributed by atoms with Gasteiger partial charge in [-0.25, -0.2) is 9.97 Å². The number of methoxy groups -OCH3 is 2. The fourth-order valence-corrected chi connectivity index (χ4v) is 4.08. The molecule has 0 amide bonds. The van der Waals surface area contributed by atoms with Crippen molar-refractivity contribution in [3.63, 3.8) is 0 Å². The van der Waals surface area contributed by atoms with Gasteiger partial charge < -0.3 is 20.5 Å². The highest BCUT2D eigenvalue weighted by molar-refractivity contribution is 7.22. The highest BCUT2D eigenvalue weighted by Crippen LogP contribution is 2.31. The smallest absolute Gasteiger partial charge is 0.213 e. The lowest BCUT2D eigenvalue weighted by atomic mass is 10.3. The van der Waals surface area contributed by atoms with Gasteiger partial charge in [0, 0.05) is 12.1 Å². The van der Waals surface area contributed by atoms with Gasteiger partial charge in [0.1, 0.15) is 11.5 Å². The normalized spacial score (nSPS) is 11.8. The summed E-state index contributed by atoms with van der Waals surface area (Å²) in [5.41, 5.74) is 7.69. The summed E-state index contributed by atoms with van der Waals surface area (Å²) in [6, 6.07) is 11.5. The van der Waals surface area contributed by atoms with E-state index in [1.54, 1.807) is 14.2 Å². The number of nitrogens with one attached hydrogen (secondary N) is 1. The molecule has 0 spiro atoms. The highest BCUT2D eigenvalue weighted by Gasteiger charge is 2.08. The first-order chi connectivity index (χ1) is 12.6. The average Bonchev–Trinajstić information content (AvgIpc) is 3.22. The molecule has 26 heavy (non-hydrogen) atoms. The number of aliphatic imine (C=N–C) groups is 1. The summed E-state index contributed by atoms with van der Waals surface area (Å²) in [6.07, 6.45) is 0. The maximum absolute atomic E-state index is 6.02. The molecule has 2 aromatic heterocycles. The van der Waals surface area contributed by atoms with Crippen molar-refractivity contribution in [1.82, 2.24) is 9.97 Å². The number of thiazole rings is 2. The van der Waals surface area contributed by atoms with E-state index in [1.807, 2.05) is 36.4 Å². The summed E-state index contributed by atoms with van der Waals surface area (Å²) in [4.78, 5) is 13.3. The van der Waals surface area contributed by atoms with E-state index in [2.05, 4.69) is 20.3 Å². The maximum Gasteiger partial charge on any atom is 0.213 e. The molecule has 0 radical (unpaired) electrons. The minimum atomic E-state index is 0.238. The molecule has 0 atom stereocenters. The van der Waals surface area contributed by atoms with E-state index in [0.717, 1.165) is 31.9 Å². The number of anilines is 1. The number of hydrogen-bond donors (Lipinski definition) is 2. The lowest BCUT2D eigenvalue weighted by Gasteiger charge is -1.98. The van der Waals surface area contributed by atoms with E-state index >= 15 is 0 Å². The van der Waals surface area contributed by atoms with Crippen molar-refractivity contribution in [1.29, 1.82) is 0 Å². The van der Waals surface area contributed by atoms with Crippen LogP contribution in [0.4, 0.5) is 10.3 Å². The first-order valence-corrected chi connectivity index (χ1v) is 9.28. The van der Waals surface area contributed by atoms with Gasteiger partial charge in [-0.1, -0.05) is 22.7 Å². The number of guanidine groups is 1.